The van der Waals surface area contributed by atoms with Crippen molar-refractivity contribution in [2.45, 2.75) is 19.1 Å². The molecule has 0 amide bonds. The normalized spacial score (nSPS) is 13.7. The van der Waals surface area contributed by atoms with Crippen LogP contribution in [0.1, 0.15) is 17.3 Å². The van der Waals surface area contributed by atoms with Crippen molar-refractivity contribution in [3.8, 4) is 0 Å². The zero-order valence-corrected chi connectivity index (χ0v) is 8.54. The zero-order chi connectivity index (χ0) is 12.1. The molecule has 1 aromatic rings. The predicted octanol–water partition coefficient (Wildman–Crippen LogP) is 2.07. The SMILES string of the molecule is C[C@H](O)[C@H](N=[N+]=[N-])C(=O)c1ccc(F)cc1. The van der Waals surface area contributed by atoms with E-state index in [4.69, 9.17) is 5.53 Å². The summed E-state index contributed by atoms with van der Waals surface area (Å²) in [4.78, 5) is 14.2. The summed E-state index contributed by atoms with van der Waals surface area (Å²) in [6, 6.07) is 3.63. The Labute approximate surface area is 91.1 Å². The fourth-order valence-electron chi connectivity index (χ4n) is 1.21. The van der Waals surface area contributed by atoms with Gasteiger partial charge in [-0.1, -0.05) is 5.11 Å². The number of halogens is 1. The second-order valence-electron chi connectivity index (χ2n) is 3.26. The molecule has 16 heavy (non-hydrogen) atoms. The Kier molecular flexibility index (Phi) is 3.99. The number of azide groups is 1. The smallest absolute Gasteiger partial charge is 0.174 e. The number of hydrogen-bond acceptors (Lipinski definition) is 3. The van der Waals surface area contributed by atoms with Gasteiger partial charge in [0.25, 0.3) is 0 Å². The Bertz CT molecular complexity index is 424. The second-order valence-corrected chi connectivity index (χ2v) is 3.26. The molecule has 0 saturated heterocycles. The van der Waals surface area contributed by atoms with Gasteiger partial charge in [-0.05, 0) is 36.7 Å². The van der Waals surface area contributed by atoms with Crippen LogP contribution in [0.2, 0.25) is 0 Å². The molecule has 0 aliphatic carbocycles. The number of ketones is 1. The molecule has 0 radical (unpaired) electrons. The summed E-state index contributed by atoms with van der Waals surface area (Å²) < 4.78 is 12.6. The van der Waals surface area contributed by atoms with Gasteiger partial charge in [0.15, 0.2) is 5.78 Å². The first kappa shape index (κ1) is 12.2. The fourth-order valence-corrected chi connectivity index (χ4v) is 1.21. The highest BCUT2D eigenvalue weighted by atomic mass is 19.1. The molecule has 2 atom stereocenters. The molecule has 0 spiro atoms. The minimum atomic E-state index is -1.18. The lowest BCUT2D eigenvalue weighted by atomic mass is 10.0. The van der Waals surface area contributed by atoms with Crippen molar-refractivity contribution in [3.05, 3.63) is 46.1 Å². The maximum absolute atomic E-state index is 12.6. The molecular formula is C10H10FN3O2. The minimum Gasteiger partial charge on any atom is -0.393 e. The maximum Gasteiger partial charge on any atom is 0.174 e. The Morgan fingerprint density at radius 1 is 1.50 bits per heavy atom. The van der Waals surface area contributed by atoms with E-state index in [9.17, 15) is 14.3 Å². The van der Waals surface area contributed by atoms with Crippen molar-refractivity contribution in [2.24, 2.45) is 5.11 Å². The van der Waals surface area contributed by atoms with Crippen LogP contribution in [0.15, 0.2) is 29.4 Å². The molecule has 0 aromatic heterocycles. The minimum absolute atomic E-state index is 0.194. The number of aliphatic hydroxyl groups excluding tert-OH is 1. The average Bonchev–Trinajstić information content (AvgIpc) is 2.25. The molecule has 0 fully saturated rings. The third kappa shape index (κ3) is 2.79. The molecule has 0 bridgehead atoms. The lowest BCUT2D eigenvalue weighted by molar-refractivity contribution is 0.0848. The lowest BCUT2D eigenvalue weighted by Crippen LogP contribution is -2.29. The molecule has 1 N–H and O–H groups in total. The van der Waals surface area contributed by atoms with Crippen LogP contribution in [0, 0.1) is 5.82 Å². The van der Waals surface area contributed by atoms with Crippen LogP contribution in [-0.4, -0.2) is 23.0 Å². The topological polar surface area (TPSA) is 86.1 Å². The van der Waals surface area contributed by atoms with E-state index < -0.39 is 23.7 Å². The second kappa shape index (κ2) is 5.25. The Hall–Kier alpha value is -1.91. The maximum atomic E-state index is 12.6. The van der Waals surface area contributed by atoms with Crippen LogP contribution in [0.3, 0.4) is 0 Å². The summed E-state index contributed by atoms with van der Waals surface area (Å²) in [7, 11) is 0. The molecule has 0 heterocycles. The van der Waals surface area contributed by atoms with Gasteiger partial charge < -0.3 is 5.11 Å². The van der Waals surface area contributed by atoms with Crippen molar-refractivity contribution < 1.29 is 14.3 Å². The number of hydrogen-bond donors (Lipinski definition) is 1. The molecule has 6 heteroatoms. The Morgan fingerprint density at radius 3 is 2.50 bits per heavy atom. The van der Waals surface area contributed by atoms with Crippen LogP contribution < -0.4 is 0 Å². The van der Waals surface area contributed by atoms with E-state index >= 15 is 0 Å². The monoisotopic (exact) mass is 223 g/mol. The molecular weight excluding hydrogens is 213 g/mol. The van der Waals surface area contributed by atoms with Gasteiger partial charge in [0.2, 0.25) is 0 Å². The van der Waals surface area contributed by atoms with Gasteiger partial charge in [0.1, 0.15) is 11.9 Å². The Morgan fingerprint density at radius 2 is 2.06 bits per heavy atom. The summed E-state index contributed by atoms with van der Waals surface area (Å²) in [6.45, 7) is 1.35. The van der Waals surface area contributed by atoms with Gasteiger partial charge >= 0.3 is 0 Å². The molecule has 0 unspecified atom stereocenters. The Balaban J connectivity index is 2.99. The largest absolute Gasteiger partial charge is 0.393 e. The molecule has 0 aliphatic heterocycles. The molecule has 0 saturated carbocycles. The zero-order valence-electron chi connectivity index (χ0n) is 8.54. The van der Waals surface area contributed by atoms with E-state index in [0.717, 1.165) is 12.1 Å². The number of carbonyl (C=O) groups excluding carboxylic acids is 1. The van der Waals surface area contributed by atoms with Crippen molar-refractivity contribution in [3.63, 3.8) is 0 Å². The molecule has 1 rings (SSSR count). The summed E-state index contributed by atoms with van der Waals surface area (Å²) >= 11 is 0. The van der Waals surface area contributed by atoms with Crippen molar-refractivity contribution in [1.82, 2.24) is 0 Å². The van der Waals surface area contributed by atoms with Crippen LogP contribution in [0.25, 0.3) is 10.4 Å². The third-order valence-electron chi connectivity index (χ3n) is 2.03. The number of Topliss-reactive ketones (excluding diaryl/α,β-unsaturated/α-hetero) is 1. The van der Waals surface area contributed by atoms with Crippen LogP contribution >= 0.6 is 0 Å². The fraction of sp³-hybridized carbons (Fsp3) is 0.300. The van der Waals surface area contributed by atoms with Crippen LogP contribution in [-0.2, 0) is 0 Å². The predicted molar refractivity (Wildman–Crippen MR) is 55.3 cm³/mol. The standard InChI is InChI=1S/C10H10FN3O2/c1-6(15)9(13-14-12)10(16)7-2-4-8(11)5-3-7/h2-6,9,15H,1H3/t6-,9-/m0/s1. The molecule has 0 aliphatic rings. The van der Waals surface area contributed by atoms with Gasteiger partial charge in [-0.15, -0.1) is 0 Å². The molecule has 5 nitrogen and oxygen atoms in total. The first-order valence-electron chi connectivity index (χ1n) is 4.58. The van der Waals surface area contributed by atoms with Gasteiger partial charge in [0.05, 0.1) is 6.10 Å². The summed E-state index contributed by atoms with van der Waals surface area (Å²) in [5, 5.41) is 12.5. The molecule has 1 aromatic carbocycles. The van der Waals surface area contributed by atoms with Gasteiger partial charge in [-0.25, -0.2) is 4.39 Å². The van der Waals surface area contributed by atoms with Crippen molar-refractivity contribution in [1.29, 1.82) is 0 Å². The van der Waals surface area contributed by atoms with E-state index in [1.54, 1.807) is 0 Å². The van der Waals surface area contributed by atoms with E-state index in [1.807, 2.05) is 0 Å². The first-order chi connectivity index (χ1) is 7.56. The number of benzene rings is 1. The van der Waals surface area contributed by atoms with E-state index in [1.165, 1.54) is 19.1 Å². The van der Waals surface area contributed by atoms with E-state index in [0.29, 0.717) is 0 Å². The van der Waals surface area contributed by atoms with Crippen LogP contribution in [0.4, 0.5) is 4.39 Å². The van der Waals surface area contributed by atoms with Gasteiger partial charge in [0, 0.05) is 10.5 Å². The number of rotatable bonds is 4. The quantitative estimate of drug-likeness (QED) is 0.366. The summed E-state index contributed by atoms with van der Waals surface area (Å²) in [6.07, 6.45) is -1.09. The average molecular weight is 223 g/mol. The van der Waals surface area contributed by atoms with Gasteiger partial charge in [-0.2, -0.15) is 0 Å². The number of aliphatic hydroxyl groups is 1. The highest BCUT2D eigenvalue weighted by molar-refractivity contribution is 6.00. The van der Waals surface area contributed by atoms with E-state index in [-0.39, 0.29) is 5.56 Å². The van der Waals surface area contributed by atoms with Crippen LogP contribution in [0.5, 0.6) is 0 Å². The van der Waals surface area contributed by atoms with Crippen molar-refractivity contribution in [2.75, 3.05) is 0 Å². The highest BCUT2D eigenvalue weighted by Crippen LogP contribution is 2.11. The van der Waals surface area contributed by atoms with E-state index in [2.05, 4.69) is 10.0 Å². The third-order valence-corrected chi connectivity index (χ3v) is 2.03. The summed E-state index contributed by atoms with van der Waals surface area (Å²) in [5.41, 5.74) is 8.45. The summed E-state index contributed by atoms with van der Waals surface area (Å²) in [5.74, 6) is -0.998. The lowest BCUT2D eigenvalue weighted by Gasteiger charge is -2.12. The number of nitrogens with zero attached hydrogens (tertiary/aromatic N) is 3. The highest BCUT2D eigenvalue weighted by Gasteiger charge is 2.23. The van der Waals surface area contributed by atoms with Crippen molar-refractivity contribution >= 4 is 5.78 Å². The first-order valence-corrected chi connectivity index (χ1v) is 4.58. The number of carbonyl (C=O) groups is 1. The molecule has 84 valence electrons. The van der Waals surface area contributed by atoms with Gasteiger partial charge in [-0.3, -0.25) is 4.79 Å².